The second kappa shape index (κ2) is 6.78. The lowest BCUT2D eigenvalue weighted by Gasteiger charge is -2.45. The number of carbonyl (C=O) groups is 1. The van der Waals surface area contributed by atoms with Crippen molar-refractivity contribution in [3.8, 4) is 0 Å². The molecule has 0 aliphatic heterocycles. The molecule has 150 valence electrons. The fourth-order valence-corrected chi connectivity index (χ4v) is 11.0. The van der Waals surface area contributed by atoms with Crippen molar-refractivity contribution in [2.45, 2.75) is 51.2 Å². The Kier molecular flexibility index (Phi) is 4.45. The number of carbonyl (C=O) groups excluding carboxylic acids is 1. The third kappa shape index (κ3) is 2.82. The van der Waals surface area contributed by atoms with Gasteiger partial charge in [0.25, 0.3) is 8.32 Å². The van der Waals surface area contributed by atoms with E-state index in [1.54, 1.807) is 0 Å². The Morgan fingerprint density at radius 2 is 1.52 bits per heavy atom. The summed E-state index contributed by atoms with van der Waals surface area (Å²) in [5.41, 5.74) is 1.40. The van der Waals surface area contributed by atoms with E-state index in [9.17, 15) is 4.79 Å². The SMILES string of the molecule is CC(C)(C)[Si](O[C@H]1C[C@H]2C(=O)C=C3CC[C@@H]1[C@H]32)(c1ccccc1)c1ccccc1. The maximum Gasteiger partial charge on any atom is 0.261 e. The Hall–Kier alpha value is -1.97. The van der Waals surface area contributed by atoms with Gasteiger partial charge in [-0.1, -0.05) is 87.0 Å². The van der Waals surface area contributed by atoms with Crippen molar-refractivity contribution in [1.82, 2.24) is 0 Å². The second-order valence-corrected chi connectivity index (χ2v) is 14.3. The molecule has 2 aromatic rings. The maximum atomic E-state index is 12.6. The van der Waals surface area contributed by atoms with E-state index >= 15 is 0 Å². The molecule has 0 saturated heterocycles. The Bertz CT molecular complexity index is 902. The van der Waals surface area contributed by atoms with Gasteiger partial charge in [-0.05, 0) is 52.6 Å². The molecule has 29 heavy (non-hydrogen) atoms. The molecule has 0 heterocycles. The summed E-state index contributed by atoms with van der Waals surface area (Å²) in [4.78, 5) is 12.6. The first-order valence-electron chi connectivity index (χ1n) is 10.9. The van der Waals surface area contributed by atoms with E-state index in [4.69, 9.17) is 4.43 Å². The molecule has 5 rings (SSSR count). The van der Waals surface area contributed by atoms with Crippen LogP contribution in [-0.4, -0.2) is 20.2 Å². The van der Waals surface area contributed by atoms with E-state index in [-0.39, 0.29) is 17.1 Å². The number of benzene rings is 2. The fraction of sp³-hybridized carbons (Fsp3) is 0.423. The van der Waals surface area contributed by atoms with Gasteiger partial charge in [-0.15, -0.1) is 0 Å². The molecule has 0 unspecified atom stereocenters. The molecular formula is C26H30O2Si. The highest BCUT2D eigenvalue weighted by molar-refractivity contribution is 6.99. The molecule has 0 amide bonds. The molecule has 3 aliphatic rings. The van der Waals surface area contributed by atoms with Gasteiger partial charge >= 0.3 is 0 Å². The number of allylic oxidation sites excluding steroid dienone is 2. The molecule has 3 aliphatic carbocycles. The van der Waals surface area contributed by atoms with Crippen molar-refractivity contribution in [2.24, 2.45) is 17.8 Å². The zero-order chi connectivity index (χ0) is 20.2. The molecule has 0 aromatic heterocycles. The summed E-state index contributed by atoms with van der Waals surface area (Å²) in [6, 6.07) is 21.7. The lowest BCUT2D eigenvalue weighted by Crippen LogP contribution is -2.68. The van der Waals surface area contributed by atoms with E-state index in [2.05, 4.69) is 81.4 Å². The molecule has 2 nitrogen and oxygen atoms in total. The standard InChI is InChI=1S/C26H30O2Si/c1-26(2,3)29(19-10-6-4-7-11-19,20-12-8-5-9-13-20)28-24-17-22-23(27)16-18-14-15-21(24)25(18)22/h4-13,16,21-22,24-25H,14-15,17H2,1-3H3/t21-,22-,24-,25-/m0/s1. The topological polar surface area (TPSA) is 26.3 Å². The monoisotopic (exact) mass is 402 g/mol. The Balaban J connectivity index is 1.62. The minimum Gasteiger partial charge on any atom is -0.404 e. The third-order valence-electron chi connectivity index (χ3n) is 7.49. The largest absolute Gasteiger partial charge is 0.404 e. The normalized spacial score (nSPS) is 28.5. The average molecular weight is 403 g/mol. The van der Waals surface area contributed by atoms with Gasteiger partial charge in [-0.25, -0.2) is 0 Å². The van der Waals surface area contributed by atoms with Crippen LogP contribution in [0.4, 0.5) is 0 Å². The van der Waals surface area contributed by atoms with Crippen LogP contribution in [0.1, 0.15) is 40.0 Å². The molecule has 0 radical (unpaired) electrons. The number of hydrogen-bond donors (Lipinski definition) is 0. The molecule has 0 spiro atoms. The van der Waals surface area contributed by atoms with Crippen molar-refractivity contribution in [1.29, 1.82) is 0 Å². The van der Waals surface area contributed by atoms with E-state index in [0.29, 0.717) is 17.6 Å². The Morgan fingerprint density at radius 3 is 2.07 bits per heavy atom. The highest BCUT2D eigenvalue weighted by Gasteiger charge is 2.58. The van der Waals surface area contributed by atoms with Gasteiger partial charge in [0.05, 0.1) is 0 Å². The summed E-state index contributed by atoms with van der Waals surface area (Å²) < 4.78 is 7.41. The third-order valence-corrected chi connectivity index (χ3v) is 12.6. The average Bonchev–Trinajstić information content (AvgIpc) is 3.36. The Labute approximate surface area is 175 Å². The summed E-state index contributed by atoms with van der Waals surface area (Å²) in [7, 11) is -2.55. The van der Waals surface area contributed by atoms with Crippen LogP contribution in [0, 0.1) is 17.8 Å². The van der Waals surface area contributed by atoms with Crippen LogP contribution in [-0.2, 0) is 9.22 Å². The predicted octanol–water partition coefficient (Wildman–Crippen LogP) is 4.49. The van der Waals surface area contributed by atoms with Gasteiger partial charge in [0.15, 0.2) is 5.78 Å². The fourth-order valence-electron chi connectivity index (χ4n) is 6.31. The lowest BCUT2D eigenvalue weighted by molar-refractivity contribution is -0.118. The van der Waals surface area contributed by atoms with Gasteiger partial charge < -0.3 is 4.43 Å². The zero-order valence-electron chi connectivity index (χ0n) is 17.6. The highest BCUT2D eigenvalue weighted by atomic mass is 28.4. The van der Waals surface area contributed by atoms with Gasteiger partial charge in [0, 0.05) is 12.0 Å². The molecule has 0 N–H and O–H groups in total. The maximum absolute atomic E-state index is 12.6. The minimum absolute atomic E-state index is 0.0192. The molecule has 3 heteroatoms. The minimum atomic E-state index is -2.55. The molecule has 4 atom stereocenters. The summed E-state index contributed by atoms with van der Waals surface area (Å²) >= 11 is 0. The van der Waals surface area contributed by atoms with Crippen molar-refractivity contribution in [3.05, 3.63) is 72.3 Å². The first-order valence-corrected chi connectivity index (χ1v) is 12.9. The summed E-state index contributed by atoms with van der Waals surface area (Å²) in [5, 5.41) is 2.64. The van der Waals surface area contributed by atoms with Gasteiger partial charge in [-0.3, -0.25) is 4.79 Å². The van der Waals surface area contributed by atoms with Crippen molar-refractivity contribution in [2.75, 3.05) is 0 Å². The quantitative estimate of drug-likeness (QED) is 0.705. The smallest absolute Gasteiger partial charge is 0.261 e. The Morgan fingerprint density at radius 1 is 0.931 bits per heavy atom. The van der Waals surface area contributed by atoms with E-state index in [1.165, 1.54) is 22.4 Å². The van der Waals surface area contributed by atoms with Crippen LogP contribution in [0.3, 0.4) is 0 Å². The van der Waals surface area contributed by atoms with E-state index in [0.717, 1.165) is 12.8 Å². The number of rotatable bonds is 4. The number of hydrogen-bond acceptors (Lipinski definition) is 2. The zero-order valence-corrected chi connectivity index (χ0v) is 18.6. The van der Waals surface area contributed by atoms with E-state index < -0.39 is 8.32 Å². The lowest BCUT2D eigenvalue weighted by atomic mass is 9.93. The van der Waals surface area contributed by atoms with Crippen molar-refractivity contribution >= 4 is 24.5 Å². The molecule has 2 fully saturated rings. The van der Waals surface area contributed by atoms with Gasteiger partial charge in [0.1, 0.15) is 0 Å². The van der Waals surface area contributed by atoms with Crippen LogP contribution in [0.15, 0.2) is 72.3 Å². The number of ketones is 1. The van der Waals surface area contributed by atoms with Crippen LogP contribution in [0.5, 0.6) is 0 Å². The molecular weight excluding hydrogens is 372 g/mol. The van der Waals surface area contributed by atoms with Gasteiger partial charge in [-0.2, -0.15) is 0 Å². The van der Waals surface area contributed by atoms with E-state index in [1.807, 2.05) is 6.08 Å². The molecule has 2 saturated carbocycles. The second-order valence-electron chi connectivity index (χ2n) is 10.0. The van der Waals surface area contributed by atoms with Crippen molar-refractivity contribution in [3.63, 3.8) is 0 Å². The molecule has 2 aromatic carbocycles. The molecule has 0 bridgehead atoms. The van der Waals surface area contributed by atoms with Crippen LogP contribution in [0.2, 0.25) is 5.04 Å². The van der Waals surface area contributed by atoms with Crippen LogP contribution < -0.4 is 10.4 Å². The summed E-state index contributed by atoms with van der Waals surface area (Å²) in [6.07, 6.45) is 5.26. The highest BCUT2D eigenvalue weighted by Crippen LogP contribution is 2.56. The van der Waals surface area contributed by atoms with Crippen LogP contribution in [0.25, 0.3) is 0 Å². The van der Waals surface area contributed by atoms with Crippen LogP contribution >= 0.6 is 0 Å². The predicted molar refractivity (Wildman–Crippen MR) is 120 cm³/mol. The first kappa shape index (κ1) is 19.0. The summed E-state index contributed by atoms with van der Waals surface area (Å²) in [6.45, 7) is 7.00. The summed E-state index contributed by atoms with van der Waals surface area (Å²) in [5.74, 6) is 1.47. The first-order chi connectivity index (χ1) is 13.9. The van der Waals surface area contributed by atoms with Crippen molar-refractivity contribution < 1.29 is 9.22 Å². The van der Waals surface area contributed by atoms with Gasteiger partial charge in [0.2, 0.25) is 0 Å².